The summed E-state index contributed by atoms with van der Waals surface area (Å²) >= 11 is 0. The van der Waals surface area contributed by atoms with E-state index in [4.69, 9.17) is 0 Å². The summed E-state index contributed by atoms with van der Waals surface area (Å²) in [7, 11) is 0. The Kier molecular flexibility index (Phi) is 2.90. The van der Waals surface area contributed by atoms with Crippen LogP contribution in [0.3, 0.4) is 0 Å². The highest BCUT2D eigenvalue weighted by Gasteiger charge is 2.25. The first-order valence-corrected chi connectivity index (χ1v) is 5.37. The summed E-state index contributed by atoms with van der Waals surface area (Å²) in [6, 6.07) is 7.69. The minimum Gasteiger partial charge on any atom is -0.345 e. The van der Waals surface area contributed by atoms with Gasteiger partial charge in [-0.15, -0.1) is 0 Å². The summed E-state index contributed by atoms with van der Waals surface area (Å²) in [6.07, 6.45) is 0.849. The van der Waals surface area contributed by atoms with Gasteiger partial charge in [0.2, 0.25) is 11.8 Å². The zero-order chi connectivity index (χ0) is 11.5. The number of hydrogen-bond donors (Lipinski definition) is 1. The molecule has 1 saturated heterocycles. The van der Waals surface area contributed by atoms with Gasteiger partial charge in [-0.05, 0) is 18.1 Å². The van der Waals surface area contributed by atoms with E-state index in [2.05, 4.69) is 5.32 Å². The summed E-state index contributed by atoms with van der Waals surface area (Å²) in [4.78, 5) is 24.6. The van der Waals surface area contributed by atoms with E-state index in [0.29, 0.717) is 0 Å². The van der Waals surface area contributed by atoms with Crippen molar-refractivity contribution in [1.29, 1.82) is 0 Å². The smallest absolute Gasteiger partial charge is 0.246 e. The molecule has 2 amide bonds. The van der Waals surface area contributed by atoms with Crippen molar-refractivity contribution in [2.75, 3.05) is 18.0 Å². The minimum atomic E-state index is -0.106. The molecule has 1 fully saturated rings. The molecule has 1 aliphatic rings. The molecule has 0 unspecified atom stereocenters. The molecular weight excluding hydrogens is 204 g/mol. The molecule has 0 aromatic heterocycles. The monoisotopic (exact) mass is 218 g/mol. The molecule has 1 aromatic carbocycles. The lowest BCUT2D eigenvalue weighted by molar-refractivity contribution is -0.128. The maximum Gasteiger partial charge on any atom is 0.246 e. The fourth-order valence-corrected chi connectivity index (χ4v) is 1.85. The third-order valence-corrected chi connectivity index (χ3v) is 2.70. The Balaban J connectivity index is 2.34. The van der Waals surface area contributed by atoms with Crippen LogP contribution in [0.5, 0.6) is 0 Å². The summed E-state index contributed by atoms with van der Waals surface area (Å²) in [5, 5.41) is 2.54. The fourth-order valence-electron chi connectivity index (χ4n) is 1.85. The zero-order valence-electron chi connectivity index (χ0n) is 9.19. The molecule has 0 aliphatic carbocycles. The molecule has 1 N–H and O–H groups in total. The second-order valence-electron chi connectivity index (χ2n) is 3.74. The van der Waals surface area contributed by atoms with Gasteiger partial charge in [-0.25, -0.2) is 0 Å². The number of aryl methyl sites for hydroxylation is 1. The van der Waals surface area contributed by atoms with Gasteiger partial charge in [0.05, 0.1) is 6.54 Å². The average Bonchev–Trinajstić information content (AvgIpc) is 2.32. The number of carbonyl (C=O) groups is 2. The first-order chi connectivity index (χ1) is 7.72. The average molecular weight is 218 g/mol. The highest BCUT2D eigenvalue weighted by atomic mass is 16.2. The minimum absolute atomic E-state index is 0.0551. The number of rotatable bonds is 2. The van der Waals surface area contributed by atoms with Crippen LogP contribution in [0.25, 0.3) is 0 Å². The lowest BCUT2D eigenvalue weighted by Gasteiger charge is -2.28. The number of hydrogen-bond acceptors (Lipinski definition) is 2. The highest BCUT2D eigenvalue weighted by molar-refractivity contribution is 6.04. The number of benzene rings is 1. The SMILES string of the molecule is CCc1ccccc1N1CC(=O)NCC1=O. The molecule has 0 spiro atoms. The van der Waals surface area contributed by atoms with E-state index in [1.807, 2.05) is 31.2 Å². The van der Waals surface area contributed by atoms with Crippen LogP contribution in [0.2, 0.25) is 0 Å². The molecule has 1 heterocycles. The van der Waals surface area contributed by atoms with E-state index in [1.165, 1.54) is 0 Å². The number of para-hydroxylation sites is 1. The number of nitrogens with zero attached hydrogens (tertiary/aromatic N) is 1. The van der Waals surface area contributed by atoms with Gasteiger partial charge in [-0.3, -0.25) is 9.59 Å². The number of anilines is 1. The Morgan fingerprint density at radius 2 is 2.06 bits per heavy atom. The van der Waals surface area contributed by atoms with Gasteiger partial charge in [0.15, 0.2) is 0 Å². The standard InChI is InChI=1S/C12H14N2O2/c1-2-9-5-3-4-6-10(9)14-8-11(15)13-7-12(14)16/h3-6H,2,7-8H2,1H3,(H,13,15). The van der Waals surface area contributed by atoms with Crippen molar-refractivity contribution in [3.8, 4) is 0 Å². The fraction of sp³-hybridized carbons (Fsp3) is 0.333. The lowest BCUT2D eigenvalue weighted by Crippen LogP contribution is -2.52. The molecule has 0 atom stereocenters. The number of nitrogens with one attached hydrogen (secondary N) is 1. The zero-order valence-corrected chi connectivity index (χ0v) is 9.19. The molecular formula is C12H14N2O2. The highest BCUT2D eigenvalue weighted by Crippen LogP contribution is 2.21. The van der Waals surface area contributed by atoms with Crippen molar-refractivity contribution in [2.45, 2.75) is 13.3 Å². The van der Waals surface area contributed by atoms with Crippen LogP contribution in [0.1, 0.15) is 12.5 Å². The second kappa shape index (κ2) is 4.35. The van der Waals surface area contributed by atoms with Gasteiger partial charge in [0.25, 0.3) is 0 Å². The first-order valence-electron chi connectivity index (χ1n) is 5.37. The van der Waals surface area contributed by atoms with E-state index < -0.39 is 0 Å². The van der Waals surface area contributed by atoms with Crippen molar-refractivity contribution in [1.82, 2.24) is 5.32 Å². The van der Waals surface area contributed by atoms with Crippen molar-refractivity contribution in [3.05, 3.63) is 29.8 Å². The van der Waals surface area contributed by atoms with Crippen molar-refractivity contribution >= 4 is 17.5 Å². The number of amides is 2. The predicted octanol–water partition coefficient (Wildman–Crippen LogP) is 0.712. The maximum atomic E-state index is 11.7. The quantitative estimate of drug-likeness (QED) is 0.794. The van der Waals surface area contributed by atoms with Crippen LogP contribution in [0, 0.1) is 0 Å². The summed E-state index contributed by atoms with van der Waals surface area (Å²) in [5.74, 6) is -0.161. The number of carbonyl (C=O) groups excluding carboxylic acids is 2. The van der Waals surface area contributed by atoms with Crippen LogP contribution in [0.4, 0.5) is 5.69 Å². The third kappa shape index (κ3) is 1.91. The second-order valence-corrected chi connectivity index (χ2v) is 3.74. The Morgan fingerprint density at radius 3 is 2.81 bits per heavy atom. The molecule has 16 heavy (non-hydrogen) atoms. The van der Waals surface area contributed by atoms with Crippen molar-refractivity contribution in [3.63, 3.8) is 0 Å². The number of piperazine rings is 1. The molecule has 1 aromatic rings. The van der Waals surface area contributed by atoms with E-state index in [0.717, 1.165) is 17.7 Å². The van der Waals surface area contributed by atoms with E-state index in [-0.39, 0.29) is 24.9 Å². The van der Waals surface area contributed by atoms with Gasteiger partial charge >= 0.3 is 0 Å². The van der Waals surface area contributed by atoms with E-state index in [1.54, 1.807) is 4.90 Å². The molecule has 0 radical (unpaired) electrons. The molecule has 2 rings (SSSR count). The topological polar surface area (TPSA) is 49.4 Å². The lowest BCUT2D eigenvalue weighted by atomic mass is 10.1. The summed E-state index contributed by atoms with van der Waals surface area (Å²) < 4.78 is 0. The maximum absolute atomic E-state index is 11.7. The largest absolute Gasteiger partial charge is 0.345 e. The van der Waals surface area contributed by atoms with Crippen LogP contribution < -0.4 is 10.2 Å². The van der Waals surface area contributed by atoms with E-state index in [9.17, 15) is 9.59 Å². The van der Waals surface area contributed by atoms with Gasteiger partial charge in [-0.2, -0.15) is 0 Å². The van der Waals surface area contributed by atoms with Gasteiger partial charge in [0.1, 0.15) is 6.54 Å². The van der Waals surface area contributed by atoms with Crippen LogP contribution in [-0.2, 0) is 16.0 Å². The van der Waals surface area contributed by atoms with E-state index >= 15 is 0 Å². The molecule has 84 valence electrons. The van der Waals surface area contributed by atoms with Crippen LogP contribution in [0.15, 0.2) is 24.3 Å². The van der Waals surface area contributed by atoms with Crippen molar-refractivity contribution < 1.29 is 9.59 Å². The molecule has 1 aliphatic heterocycles. The molecule has 0 saturated carbocycles. The van der Waals surface area contributed by atoms with Crippen molar-refractivity contribution in [2.24, 2.45) is 0 Å². The van der Waals surface area contributed by atoms with Gasteiger partial charge < -0.3 is 10.2 Å². The first kappa shape index (κ1) is 10.7. The molecule has 4 heteroatoms. The molecule has 4 nitrogen and oxygen atoms in total. The summed E-state index contributed by atoms with van der Waals surface area (Å²) in [5.41, 5.74) is 1.94. The Morgan fingerprint density at radius 1 is 1.31 bits per heavy atom. The van der Waals surface area contributed by atoms with Crippen LogP contribution in [-0.4, -0.2) is 24.9 Å². The molecule has 0 bridgehead atoms. The normalized spacial score (nSPS) is 16.2. The predicted molar refractivity (Wildman–Crippen MR) is 61.2 cm³/mol. The third-order valence-electron chi connectivity index (χ3n) is 2.70. The Bertz CT molecular complexity index is 429. The van der Waals surface area contributed by atoms with Gasteiger partial charge in [0, 0.05) is 5.69 Å². The summed E-state index contributed by atoms with van der Waals surface area (Å²) in [6.45, 7) is 2.25. The Labute approximate surface area is 94.2 Å². The Hall–Kier alpha value is -1.84. The van der Waals surface area contributed by atoms with Gasteiger partial charge in [-0.1, -0.05) is 25.1 Å². The van der Waals surface area contributed by atoms with Crippen LogP contribution >= 0.6 is 0 Å².